The van der Waals surface area contributed by atoms with Crippen LogP contribution >= 0.6 is 16.4 Å². The van der Waals surface area contributed by atoms with Crippen molar-refractivity contribution in [3.05, 3.63) is 193 Å². The molecule has 0 bridgehead atoms. The first-order valence-corrected chi connectivity index (χ1v) is 33.4. The Morgan fingerprint density at radius 2 is 1.18 bits per heavy atom. The zero-order valence-electron chi connectivity index (χ0n) is 53.3. The number of aliphatic hydroxyl groups excluding tert-OH is 6. The van der Waals surface area contributed by atoms with Crippen LogP contribution in [0.5, 0.6) is 5.75 Å². The summed E-state index contributed by atoms with van der Waals surface area (Å²) in [6.07, 6.45) is 13.0. The van der Waals surface area contributed by atoms with Gasteiger partial charge in [0, 0.05) is 13.7 Å². The minimum Gasteiger partial charge on any atom is -0.484 e. The first kappa shape index (κ1) is 91.8. The van der Waals surface area contributed by atoms with Crippen molar-refractivity contribution in [3.63, 3.8) is 0 Å². The largest absolute Gasteiger partial charge is 0.484 e. The van der Waals surface area contributed by atoms with Crippen LogP contribution in [0.2, 0.25) is 0 Å². The van der Waals surface area contributed by atoms with Gasteiger partial charge in [0.15, 0.2) is 0 Å². The highest BCUT2D eigenvalue weighted by atomic mass is 32.3. The van der Waals surface area contributed by atoms with Gasteiger partial charge in [0.2, 0.25) is 0 Å². The number of aliphatic hydroxyl groups is 6. The smallest absolute Gasteiger partial charge is 0.475 e. The van der Waals surface area contributed by atoms with Crippen molar-refractivity contribution in [2.45, 2.75) is 88.4 Å². The van der Waals surface area contributed by atoms with Gasteiger partial charge < -0.3 is 72.6 Å². The van der Waals surface area contributed by atoms with Crippen molar-refractivity contribution < 1.29 is 120 Å². The second kappa shape index (κ2) is 61.4. The van der Waals surface area contributed by atoms with Crippen molar-refractivity contribution in [2.75, 3.05) is 106 Å². The maximum atomic E-state index is 11.3. The molecule has 30 heteroatoms. The van der Waals surface area contributed by atoms with Gasteiger partial charge in [-0.2, -0.15) is 12.6 Å². The molecule has 5 heterocycles. The summed E-state index contributed by atoms with van der Waals surface area (Å²) < 4.78 is 121. The Labute approximate surface area is 549 Å². The summed E-state index contributed by atoms with van der Waals surface area (Å²) >= 11 is -1.52. The number of hydrogen-bond acceptors (Lipinski definition) is 26. The van der Waals surface area contributed by atoms with E-state index >= 15 is 0 Å². The predicted octanol–water partition coefficient (Wildman–Crippen LogP) is 7.81. The third kappa shape index (κ3) is 50.1. The first-order chi connectivity index (χ1) is 44.2. The van der Waals surface area contributed by atoms with Crippen LogP contribution < -0.4 is 4.74 Å². The molecule has 26 nitrogen and oxygen atoms in total. The Hall–Kier alpha value is -4.44. The molecule has 2 aromatic rings. The Balaban J connectivity index is -0.000000964. The molecular weight excluding hydrogens is 1290 g/mol. The molecule has 5 aliphatic rings. The van der Waals surface area contributed by atoms with E-state index in [9.17, 15) is 17.2 Å². The van der Waals surface area contributed by atoms with E-state index in [1.54, 1.807) is 55.5 Å². The lowest BCUT2D eigenvalue weighted by molar-refractivity contribution is -0.0674. The van der Waals surface area contributed by atoms with Gasteiger partial charge in [0.1, 0.15) is 36.3 Å². The quantitative estimate of drug-likeness (QED) is 0.0367. The predicted molar refractivity (Wildman–Crippen MR) is 354 cm³/mol. The summed E-state index contributed by atoms with van der Waals surface area (Å²) in [5.41, 5.74) is 1.10. The van der Waals surface area contributed by atoms with Crippen LogP contribution in [-0.2, 0) is 100 Å². The average molecular weight is 1390 g/mol. The summed E-state index contributed by atoms with van der Waals surface area (Å²) in [7, 11) is -6.42. The second-order valence-corrected chi connectivity index (χ2v) is 22.1. The number of methoxy groups -OCH3 is 1. The zero-order chi connectivity index (χ0) is 69.9. The van der Waals surface area contributed by atoms with E-state index in [1.807, 2.05) is 74.5 Å². The number of phosphoric ester groups is 1. The van der Waals surface area contributed by atoms with Gasteiger partial charge >= 0.3 is 38.2 Å². The highest BCUT2D eigenvalue weighted by molar-refractivity contribution is 7.82. The van der Waals surface area contributed by atoms with Crippen LogP contribution in [0, 0.1) is 0 Å². The molecule has 0 aliphatic carbocycles. The molecule has 0 radical (unpaired) electrons. The molecule has 6 N–H and O–H groups in total. The van der Waals surface area contributed by atoms with Gasteiger partial charge in [0.25, 0.3) is 0 Å². The molecule has 92 heavy (non-hydrogen) atoms. The van der Waals surface area contributed by atoms with Gasteiger partial charge in [-0.3, -0.25) is 21.9 Å². The molecule has 5 saturated heterocycles. The molecule has 526 valence electrons. The topological polar surface area (TPSA) is 337 Å². The average Bonchev–Trinajstić information content (AvgIpc) is 1.85. The Kier molecular flexibility index (Phi) is 61.3. The number of ether oxygens (including phenoxy) is 6. The number of phosphoric acid groups is 1. The molecule has 0 amide bonds. The summed E-state index contributed by atoms with van der Waals surface area (Å²) in [5, 5.41) is 50.7. The molecule has 0 saturated carbocycles. The Morgan fingerprint density at radius 1 is 0.630 bits per heavy atom. The number of para-hydroxylation sites is 1. The number of benzene rings is 2. The summed E-state index contributed by atoms with van der Waals surface area (Å²) in [6, 6.07) is 19.2. The second-order valence-electron chi connectivity index (χ2n) is 17.2. The van der Waals surface area contributed by atoms with Crippen LogP contribution in [0.4, 0.5) is 0 Å². The fraction of sp³-hybridized carbons (Fsp3) is 0.484. The molecule has 13 unspecified atom stereocenters. The van der Waals surface area contributed by atoms with Crippen molar-refractivity contribution in [1.82, 2.24) is 0 Å². The van der Waals surface area contributed by atoms with E-state index in [0.717, 1.165) is 17.9 Å². The number of rotatable bonds is 27. The highest BCUT2D eigenvalue weighted by Gasteiger charge is 2.36. The molecule has 0 aromatic heterocycles. The molecule has 0 spiro atoms. The van der Waals surface area contributed by atoms with E-state index < -0.39 is 50.4 Å². The lowest BCUT2D eigenvalue weighted by atomic mass is 10.2. The monoisotopic (exact) mass is 1390 g/mol. The summed E-state index contributed by atoms with van der Waals surface area (Å²) in [4.78, 5) is 0. The zero-order valence-corrected chi connectivity index (χ0v) is 56.7. The summed E-state index contributed by atoms with van der Waals surface area (Å²) in [5.74, 6) is 0.747. The standard InChI is InChI=1S/C11H14O2.C10H12O2.C6H11O4P.C6H11O3P.C6H10O2.C6H12O2.C5H10O2.C4H6O4S.C4H6O3S.C4H8O2/c1-2-11(8-12)13-9-10-6-4-3-5-7-10;1-2-9(8-11)12-10-6-4-3-5-7-10;1-3-6-5-9-11(7,10-6)8-4-2;1-3-6-5-8-10(9-6)7-4-2;1-2-6-5-7-3-4-8-6;1-3-6(5-7)8-4-2;1-3-5(4-6)7-2;1-2-4-3-7-9(5,6)8-4;1-2-4-3-6-8(5)7-4;1-2-4(6)3-5/h2-7,11-12H,1,8-9H2;2-7,9,11H,1,8H2;3,6H,1,4-5H2,2H3;3,6H,1,4-5H2,2H3;2,6H,1,3-5H2;3,6-7H,1,4-5H2,2H3;3,5-6H,1,4H2,2H3;2,4H,1,3H2;2,4H,1,3H2;2,4-6H,1,3H2. The molecule has 13 atom stereocenters. The van der Waals surface area contributed by atoms with Crippen molar-refractivity contribution in [1.29, 1.82) is 0 Å². The van der Waals surface area contributed by atoms with Crippen molar-refractivity contribution >= 4 is 38.2 Å². The molecular formula is C62H100O26P2S2. The minimum atomic E-state index is -3.68. The number of hydrogen-bond donors (Lipinski definition) is 6. The van der Waals surface area contributed by atoms with Gasteiger partial charge in [-0.25, -0.2) is 12.9 Å². The third-order valence-corrected chi connectivity index (χ3v) is 14.8. The normalized spacial score (nSPS) is 23.4. The lowest BCUT2D eigenvalue weighted by Crippen LogP contribution is -2.26. The van der Waals surface area contributed by atoms with E-state index in [0.29, 0.717) is 52.9 Å². The van der Waals surface area contributed by atoms with Crippen molar-refractivity contribution in [2.24, 2.45) is 0 Å². The fourth-order valence-corrected chi connectivity index (χ4v) is 9.14. The van der Waals surface area contributed by atoms with Gasteiger partial charge in [-0.05, 0) is 44.5 Å². The maximum absolute atomic E-state index is 11.3. The maximum Gasteiger partial charge on any atom is 0.475 e. The molecule has 5 fully saturated rings. The third-order valence-electron chi connectivity index (χ3n) is 10.3. The van der Waals surface area contributed by atoms with Crippen LogP contribution in [-0.4, -0.2) is 211 Å². The molecule has 7 rings (SSSR count). The molecule has 2 aromatic carbocycles. The lowest BCUT2D eigenvalue weighted by Gasteiger charge is -2.19. The molecule has 5 aliphatic heterocycles. The van der Waals surface area contributed by atoms with E-state index in [4.69, 9.17) is 81.5 Å². The van der Waals surface area contributed by atoms with Gasteiger partial charge in [-0.15, -0.1) is 59.2 Å². The first-order valence-electron chi connectivity index (χ1n) is 28.5. The van der Waals surface area contributed by atoms with E-state index in [-0.39, 0.29) is 95.1 Å². The van der Waals surface area contributed by atoms with Gasteiger partial charge in [0.05, 0.1) is 130 Å². The fourth-order valence-electron chi connectivity index (χ4n) is 5.35. The van der Waals surface area contributed by atoms with Crippen LogP contribution in [0.3, 0.4) is 0 Å². The Morgan fingerprint density at radius 3 is 1.51 bits per heavy atom. The van der Waals surface area contributed by atoms with Crippen LogP contribution in [0.15, 0.2) is 187 Å². The van der Waals surface area contributed by atoms with Crippen molar-refractivity contribution in [3.8, 4) is 5.75 Å². The Bertz CT molecular complexity index is 2380. The minimum absolute atomic E-state index is 0.0139. The highest BCUT2D eigenvalue weighted by Crippen LogP contribution is 2.55. The SMILES string of the molecule is C=CC(CO)OC.C=CC(CO)OCC.C=CC(CO)OCc1ccccc1.C=CC(CO)Oc1ccccc1.C=CC(O)CO.C=CC1COCCO1.C=CC1COP(=O)(OCC)O1.C=CC1COP(OCC)O1.C=CC1COS(=O)(=O)O1.C=CC1COS(=O)O1. The van der Waals surface area contributed by atoms with E-state index in [1.165, 1.54) is 19.3 Å². The summed E-state index contributed by atoms with van der Waals surface area (Å²) in [6.45, 7) is 45.3. The van der Waals surface area contributed by atoms with Crippen LogP contribution in [0.25, 0.3) is 0 Å². The van der Waals surface area contributed by atoms with Crippen LogP contribution in [0.1, 0.15) is 26.3 Å². The van der Waals surface area contributed by atoms with E-state index in [2.05, 4.69) is 87.3 Å². The van der Waals surface area contributed by atoms with Gasteiger partial charge in [-0.1, -0.05) is 110 Å².